The van der Waals surface area contributed by atoms with Crippen molar-refractivity contribution in [2.75, 3.05) is 13.2 Å². The molecule has 28 heavy (non-hydrogen) atoms. The molecular formula is C26H28O2. The van der Waals surface area contributed by atoms with Gasteiger partial charge in [-0.25, -0.2) is 0 Å². The Morgan fingerprint density at radius 1 is 0.500 bits per heavy atom. The predicted octanol–water partition coefficient (Wildman–Crippen LogP) is 5.27. The van der Waals surface area contributed by atoms with E-state index < -0.39 is 0 Å². The van der Waals surface area contributed by atoms with Crippen LogP contribution in [0.1, 0.15) is 11.1 Å². The number of allylic oxidation sites excluding steroid dienone is 4. The third-order valence-electron chi connectivity index (χ3n) is 6.83. The number of fused-ring (bicyclic) bond motifs is 1. The zero-order valence-corrected chi connectivity index (χ0v) is 16.2. The van der Waals surface area contributed by atoms with Crippen LogP contribution in [0.4, 0.5) is 0 Å². The summed E-state index contributed by atoms with van der Waals surface area (Å²) in [6, 6.07) is 21.0. The number of rotatable bonds is 8. The molecule has 1 fully saturated rings. The molecule has 2 heteroatoms. The number of ether oxygens (including phenoxy) is 2. The van der Waals surface area contributed by atoms with Gasteiger partial charge in [-0.15, -0.1) is 0 Å². The van der Waals surface area contributed by atoms with Gasteiger partial charge in [-0.05, 0) is 46.6 Å². The summed E-state index contributed by atoms with van der Waals surface area (Å²) in [7, 11) is 0. The van der Waals surface area contributed by atoms with Crippen LogP contribution in [0.3, 0.4) is 0 Å². The Morgan fingerprint density at radius 3 is 1.29 bits per heavy atom. The van der Waals surface area contributed by atoms with Gasteiger partial charge in [0.15, 0.2) is 0 Å². The van der Waals surface area contributed by atoms with E-state index >= 15 is 0 Å². The van der Waals surface area contributed by atoms with Crippen molar-refractivity contribution in [1.82, 2.24) is 0 Å². The number of hydrogen-bond acceptors (Lipinski definition) is 2. The van der Waals surface area contributed by atoms with E-state index in [9.17, 15) is 0 Å². The fraction of sp³-hybridized carbons (Fsp3) is 0.385. The molecular weight excluding hydrogens is 344 g/mol. The van der Waals surface area contributed by atoms with Crippen LogP contribution in [0, 0.1) is 35.5 Å². The van der Waals surface area contributed by atoms with Crippen LogP contribution in [0.25, 0.3) is 0 Å². The van der Waals surface area contributed by atoms with Gasteiger partial charge in [0.05, 0.1) is 26.4 Å². The highest BCUT2D eigenvalue weighted by Crippen LogP contribution is 2.56. The van der Waals surface area contributed by atoms with Crippen LogP contribution in [0.2, 0.25) is 0 Å². The van der Waals surface area contributed by atoms with Gasteiger partial charge in [0.2, 0.25) is 0 Å². The maximum Gasteiger partial charge on any atom is 0.0717 e. The van der Waals surface area contributed by atoms with Gasteiger partial charge >= 0.3 is 0 Å². The summed E-state index contributed by atoms with van der Waals surface area (Å²) in [5, 5.41) is 0. The summed E-state index contributed by atoms with van der Waals surface area (Å²) in [6.07, 6.45) is 9.74. The monoisotopic (exact) mass is 372 g/mol. The molecule has 0 aromatic heterocycles. The first kappa shape index (κ1) is 17.9. The lowest BCUT2D eigenvalue weighted by atomic mass is 9.50. The maximum absolute atomic E-state index is 6.20. The summed E-state index contributed by atoms with van der Waals surface area (Å²) < 4.78 is 12.4. The topological polar surface area (TPSA) is 18.5 Å². The Balaban J connectivity index is 1.23. The van der Waals surface area contributed by atoms with E-state index in [-0.39, 0.29) is 0 Å². The third-order valence-corrected chi connectivity index (χ3v) is 6.83. The summed E-state index contributed by atoms with van der Waals surface area (Å²) in [5.41, 5.74) is 2.50. The van der Waals surface area contributed by atoms with E-state index in [0.717, 1.165) is 13.2 Å². The molecule has 0 spiro atoms. The second-order valence-corrected chi connectivity index (χ2v) is 8.41. The smallest absolute Gasteiger partial charge is 0.0717 e. The largest absolute Gasteiger partial charge is 0.376 e. The summed E-state index contributed by atoms with van der Waals surface area (Å²) in [4.78, 5) is 0. The van der Waals surface area contributed by atoms with E-state index in [1.54, 1.807) is 0 Å². The summed E-state index contributed by atoms with van der Waals surface area (Å²) in [5.74, 6) is 3.71. The van der Waals surface area contributed by atoms with Crippen molar-refractivity contribution < 1.29 is 9.47 Å². The molecule has 0 aliphatic heterocycles. The van der Waals surface area contributed by atoms with Crippen molar-refractivity contribution in [3.8, 4) is 0 Å². The Bertz CT molecular complexity index is 757. The highest BCUT2D eigenvalue weighted by atomic mass is 16.5. The van der Waals surface area contributed by atoms with Crippen molar-refractivity contribution in [3.63, 3.8) is 0 Å². The molecule has 2 aromatic carbocycles. The number of hydrogen-bond donors (Lipinski definition) is 0. The molecule has 0 saturated heterocycles. The van der Waals surface area contributed by atoms with Gasteiger partial charge < -0.3 is 9.47 Å². The van der Waals surface area contributed by atoms with E-state index in [4.69, 9.17) is 9.47 Å². The molecule has 144 valence electrons. The van der Waals surface area contributed by atoms with Gasteiger partial charge in [-0.3, -0.25) is 0 Å². The lowest BCUT2D eigenvalue weighted by molar-refractivity contribution is -0.0638. The minimum atomic E-state index is 0.542. The van der Waals surface area contributed by atoms with Crippen molar-refractivity contribution in [2.45, 2.75) is 13.2 Å². The maximum atomic E-state index is 6.20. The molecule has 0 amide bonds. The SMILES string of the molecule is C1=CC2C1C1C=CC2C(COCc2ccccc2)C1COCc1ccccc1. The van der Waals surface area contributed by atoms with Crippen LogP contribution in [-0.4, -0.2) is 13.2 Å². The van der Waals surface area contributed by atoms with E-state index in [1.807, 2.05) is 0 Å². The fourth-order valence-electron chi connectivity index (χ4n) is 5.32. The van der Waals surface area contributed by atoms with Gasteiger partial charge in [0.1, 0.15) is 0 Å². The van der Waals surface area contributed by atoms with Crippen LogP contribution in [0.5, 0.6) is 0 Å². The number of benzene rings is 2. The molecule has 6 atom stereocenters. The van der Waals surface area contributed by atoms with Gasteiger partial charge in [0, 0.05) is 0 Å². The molecule has 2 bridgehead atoms. The molecule has 0 heterocycles. The zero-order valence-electron chi connectivity index (χ0n) is 16.2. The highest BCUT2D eigenvalue weighted by Gasteiger charge is 2.52. The fourth-order valence-corrected chi connectivity index (χ4v) is 5.32. The summed E-state index contributed by atoms with van der Waals surface area (Å²) in [6.45, 7) is 3.02. The molecule has 0 N–H and O–H groups in total. The first-order valence-electron chi connectivity index (χ1n) is 10.5. The Morgan fingerprint density at radius 2 is 0.893 bits per heavy atom. The van der Waals surface area contributed by atoms with E-state index in [0.29, 0.717) is 48.7 Å². The standard InChI is InChI=1S/C26H28O2/c1-3-7-19(8-4-1)15-27-17-25-23-13-14-24(22-12-11-21(22)23)26(25)18-28-16-20-9-5-2-6-10-20/h1-14,21-26H,15-18H2. The second-order valence-electron chi connectivity index (χ2n) is 8.41. The molecule has 4 aliphatic carbocycles. The Hall–Kier alpha value is -2.16. The average Bonchev–Trinajstić information content (AvgIpc) is 2.71. The molecule has 6 rings (SSSR count). The van der Waals surface area contributed by atoms with Crippen molar-refractivity contribution in [3.05, 3.63) is 96.1 Å². The van der Waals surface area contributed by atoms with Crippen molar-refractivity contribution in [1.29, 1.82) is 0 Å². The van der Waals surface area contributed by atoms with Crippen LogP contribution in [-0.2, 0) is 22.7 Å². The van der Waals surface area contributed by atoms with E-state index in [2.05, 4.69) is 85.0 Å². The molecule has 2 nitrogen and oxygen atoms in total. The third kappa shape index (κ3) is 3.47. The highest BCUT2D eigenvalue weighted by molar-refractivity contribution is 5.27. The van der Waals surface area contributed by atoms with Crippen molar-refractivity contribution in [2.24, 2.45) is 35.5 Å². The molecule has 1 saturated carbocycles. The lowest BCUT2D eigenvalue weighted by Gasteiger charge is -2.55. The first-order valence-corrected chi connectivity index (χ1v) is 10.5. The van der Waals surface area contributed by atoms with Crippen LogP contribution in [0.15, 0.2) is 85.0 Å². The molecule has 0 radical (unpaired) electrons. The van der Waals surface area contributed by atoms with Crippen molar-refractivity contribution >= 4 is 0 Å². The normalized spacial score (nSPS) is 32.1. The van der Waals surface area contributed by atoms with Gasteiger partial charge in [-0.1, -0.05) is 85.0 Å². The Labute approximate surface area is 167 Å². The lowest BCUT2D eigenvalue weighted by Crippen LogP contribution is -2.52. The molecule has 6 unspecified atom stereocenters. The van der Waals surface area contributed by atoms with Gasteiger partial charge in [-0.2, -0.15) is 0 Å². The molecule has 2 aromatic rings. The second kappa shape index (κ2) is 8.06. The Kier molecular flexibility index (Phi) is 5.16. The minimum Gasteiger partial charge on any atom is -0.376 e. The zero-order chi connectivity index (χ0) is 18.8. The summed E-state index contributed by atoms with van der Waals surface area (Å²) >= 11 is 0. The van der Waals surface area contributed by atoms with Crippen LogP contribution < -0.4 is 0 Å². The van der Waals surface area contributed by atoms with Crippen LogP contribution >= 0.6 is 0 Å². The first-order chi connectivity index (χ1) is 13.9. The quantitative estimate of drug-likeness (QED) is 0.588. The predicted molar refractivity (Wildman–Crippen MR) is 111 cm³/mol. The average molecular weight is 373 g/mol. The van der Waals surface area contributed by atoms with E-state index in [1.165, 1.54) is 11.1 Å². The van der Waals surface area contributed by atoms with Gasteiger partial charge in [0.25, 0.3) is 0 Å². The molecule has 4 aliphatic rings. The minimum absolute atomic E-state index is 0.542.